The van der Waals surface area contributed by atoms with E-state index in [0.717, 1.165) is 12.0 Å². The van der Waals surface area contributed by atoms with Crippen molar-refractivity contribution in [2.75, 3.05) is 31.3 Å². The highest BCUT2D eigenvalue weighted by Crippen LogP contribution is 2.30. The van der Waals surface area contributed by atoms with Gasteiger partial charge in [0, 0.05) is 23.9 Å². The lowest BCUT2D eigenvalue weighted by atomic mass is 9.89. The summed E-state index contributed by atoms with van der Waals surface area (Å²) in [5.41, 5.74) is 9.59. The Hall–Kier alpha value is -3.02. The molecule has 0 amide bonds. The summed E-state index contributed by atoms with van der Waals surface area (Å²) in [4.78, 5) is 11.7. The predicted octanol–water partition coefficient (Wildman–Crippen LogP) is 3.33. The van der Waals surface area contributed by atoms with Crippen LogP contribution >= 0.6 is 0 Å². The molecule has 3 rings (SSSR count). The van der Waals surface area contributed by atoms with E-state index in [-0.39, 0.29) is 11.9 Å². The zero-order chi connectivity index (χ0) is 23.8. The van der Waals surface area contributed by atoms with Gasteiger partial charge in [-0.3, -0.25) is 9.52 Å². The van der Waals surface area contributed by atoms with Crippen LogP contribution in [0.25, 0.3) is 0 Å². The summed E-state index contributed by atoms with van der Waals surface area (Å²) in [5, 5.41) is -0.550. The van der Waals surface area contributed by atoms with Crippen molar-refractivity contribution in [2.45, 2.75) is 37.4 Å². The lowest BCUT2D eigenvalue weighted by molar-refractivity contribution is -0.146. The first-order valence-electron chi connectivity index (χ1n) is 10.9. The Morgan fingerprint density at radius 2 is 1.76 bits per heavy atom. The highest BCUT2D eigenvalue weighted by atomic mass is 32.2. The maximum Gasteiger partial charge on any atom is 0.308 e. The molecule has 33 heavy (non-hydrogen) atoms. The number of ether oxygens (including phenoxy) is 2. The van der Waals surface area contributed by atoms with E-state index in [1.807, 2.05) is 24.3 Å². The van der Waals surface area contributed by atoms with Crippen LogP contribution in [0.1, 0.15) is 42.4 Å². The van der Waals surface area contributed by atoms with Crippen molar-refractivity contribution in [3.8, 4) is 11.8 Å². The summed E-state index contributed by atoms with van der Waals surface area (Å²) >= 11 is 0. The predicted molar refractivity (Wildman–Crippen MR) is 129 cm³/mol. The smallest absolute Gasteiger partial charge is 0.308 e. The van der Waals surface area contributed by atoms with Crippen molar-refractivity contribution >= 4 is 27.4 Å². The summed E-state index contributed by atoms with van der Waals surface area (Å²) in [7, 11) is -0.560. The number of methoxy groups -OCH3 is 2. The van der Waals surface area contributed by atoms with Crippen molar-refractivity contribution in [2.24, 2.45) is 5.92 Å². The maximum atomic E-state index is 12.8. The second-order valence-corrected chi connectivity index (χ2v) is 10.1. The third-order valence-electron chi connectivity index (χ3n) is 5.85. The molecule has 176 valence electrons. The van der Waals surface area contributed by atoms with Gasteiger partial charge in [-0.2, -0.15) is 0 Å². The van der Waals surface area contributed by atoms with Gasteiger partial charge in [0.15, 0.2) is 0 Å². The number of carbonyl (C=O) groups is 1. The van der Waals surface area contributed by atoms with Gasteiger partial charge in [-0.15, -0.1) is 0 Å². The summed E-state index contributed by atoms with van der Waals surface area (Å²) in [6.45, 7) is 0.673. The number of nitrogens with two attached hydrogens (primary N) is 1. The van der Waals surface area contributed by atoms with E-state index in [4.69, 9.17) is 15.2 Å². The van der Waals surface area contributed by atoms with Crippen LogP contribution in [0.15, 0.2) is 42.5 Å². The normalized spacial score (nSPS) is 18.1. The van der Waals surface area contributed by atoms with Crippen LogP contribution in [0.4, 0.5) is 11.4 Å². The van der Waals surface area contributed by atoms with Crippen molar-refractivity contribution in [3.05, 3.63) is 59.2 Å². The molecule has 0 bridgehead atoms. The van der Waals surface area contributed by atoms with Crippen LogP contribution in [-0.4, -0.2) is 40.5 Å². The third kappa shape index (κ3) is 6.73. The van der Waals surface area contributed by atoms with Gasteiger partial charge in [-0.05, 0) is 68.0 Å². The molecule has 2 aromatic carbocycles. The number of hydrogen-bond donors (Lipinski definition) is 2. The van der Waals surface area contributed by atoms with Crippen LogP contribution in [0.2, 0.25) is 0 Å². The molecule has 1 aliphatic carbocycles. The van der Waals surface area contributed by atoms with E-state index < -0.39 is 15.3 Å². The number of rotatable bonds is 7. The SMILES string of the molecule is COCCc1ccc(C#Cc2ccc(NS(=O)(=O)C3CCC(C(=O)OC)CC3)cc2N)cc1. The first kappa shape index (κ1) is 24.6. The molecule has 2 aromatic rings. The first-order valence-corrected chi connectivity index (χ1v) is 12.5. The molecular weight excluding hydrogens is 440 g/mol. The van der Waals surface area contributed by atoms with Gasteiger partial charge in [0.1, 0.15) is 0 Å². The molecule has 7 nitrogen and oxygen atoms in total. The topological polar surface area (TPSA) is 108 Å². The molecule has 1 fully saturated rings. The molecule has 3 N–H and O–H groups in total. The number of carbonyl (C=O) groups excluding carboxylic acids is 1. The van der Waals surface area contributed by atoms with Crippen LogP contribution in [-0.2, 0) is 30.7 Å². The Balaban J connectivity index is 1.63. The number of hydrogen-bond acceptors (Lipinski definition) is 6. The van der Waals surface area contributed by atoms with E-state index in [1.54, 1.807) is 25.3 Å². The fraction of sp³-hybridized carbons (Fsp3) is 0.400. The van der Waals surface area contributed by atoms with Crippen molar-refractivity contribution < 1.29 is 22.7 Å². The molecule has 0 aromatic heterocycles. The second kappa shape index (κ2) is 11.2. The Bertz CT molecular complexity index is 1130. The number of sulfonamides is 1. The zero-order valence-electron chi connectivity index (χ0n) is 19.0. The van der Waals surface area contributed by atoms with Gasteiger partial charge in [-0.25, -0.2) is 8.42 Å². The van der Waals surface area contributed by atoms with Crippen LogP contribution in [0, 0.1) is 17.8 Å². The molecule has 8 heteroatoms. The van der Waals surface area contributed by atoms with Crippen molar-refractivity contribution in [3.63, 3.8) is 0 Å². The van der Waals surface area contributed by atoms with Crippen LogP contribution in [0.3, 0.4) is 0 Å². The average Bonchev–Trinajstić information content (AvgIpc) is 2.82. The van der Waals surface area contributed by atoms with Crippen molar-refractivity contribution in [1.82, 2.24) is 0 Å². The highest BCUT2D eigenvalue weighted by molar-refractivity contribution is 7.93. The minimum absolute atomic E-state index is 0.225. The van der Waals surface area contributed by atoms with Crippen LogP contribution < -0.4 is 10.5 Å². The number of benzene rings is 2. The number of nitrogens with one attached hydrogen (secondary N) is 1. The minimum Gasteiger partial charge on any atom is -0.469 e. The largest absolute Gasteiger partial charge is 0.469 e. The lowest BCUT2D eigenvalue weighted by Gasteiger charge is -2.27. The summed E-state index contributed by atoms with van der Waals surface area (Å²) in [6.07, 6.45) is 2.68. The number of anilines is 2. The highest BCUT2D eigenvalue weighted by Gasteiger charge is 2.34. The van der Waals surface area contributed by atoms with E-state index in [9.17, 15) is 13.2 Å². The number of nitrogen functional groups attached to an aromatic ring is 1. The Morgan fingerprint density at radius 1 is 1.06 bits per heavy atom. The van der Waals surface area contributed by atoms with Gasteiger partial charge in [0.2, 0.25) is 10.0 Å². The zero-order valence-corrected chi connectivity index (χ0v) is 19.8. The molecule has 0 radical (unpaired) electrons. The molecule has 0 unspecified atom stereocenters. The molecular formula is C25H30N2O5S. The molecule has 0 atom stereocenters. The molecule has 0 heterocycles. The Labute approximate surface area is 195 Å². The summed E-state index contributed by atoms with van der Waals surface area (Å²) in [5.74, 6) is 5.63. The maximum absolute atomic E-state index is 12.8. The second-order valence-electron chi connectivity index (χ2n) is 8.14. The molecule has 1 saturated carbocycles. The van der Waals surface area contributed by atoms with E-state index in [1.165, 1.54) is 12.7 Å². The van der Waals surface area contributed by atoms with E-state index in [2.05, 4.69) is 16.6 Å². The van der Waals surface area contributed by atoms with E-state index >= 15 is 0 Å². The molecule has 0 aliphatic heterocycles. The number of esters is 1. The van der Waals surface area contributed by atoms with Gasteiger partial charge >= 0.3 is 5.97 Å². The van der Waals surface area contributed by atoms with E-state index in [0.29, 0.717) is 49.2 Å². The van der Waals surface area contributed by atoms with Crippen LogP contribution in [0.5, 0.6) is 0 Å². The Kier molecular flexibility index (Phi) is 8.37. The minimum atomic E-state index is -3.59. The summed E-state index contributed by atoms with van der Waals surface area (Å²) < 4.78 is 38.1. The molecule has 0 spiro atoms. The quantitative estimate of drug-likeness (QED) is 0.365. The average molecular weight is 471 g/mol. The monoisotopic (exact) mass is 470 g/mol. The standard InChI is InChI=1S/C25H30N2O5S/c1-31-16-15-19-5-3-18(4-6-19)7-8-20-9-12-22(17-24(20)26)27-33(29,30)23-13-10-21(11-14-23)25(28)32-2/h3-6,9,12,17,21,23,27H,10-11,13-16,26H2,1-2H3. The van der Waals surface area contributed by atoms with Gasteiger partial charge < -0.3 is 15.2 Å². The molecule has 0 saturated heterocycles. The van der Waals surface area contributed by atoms with Crippen molar-refractivity contribution in [1.29, 1.82) is 0 Å². The Morgan fingerprint density at radius 3 is 2.36 bits per heavy atom. The fourth-order valence-electron chi connectivity index (χ4n) is 3.88. The lowest BCUT2D eigenvalue weighted by Crippen LogP contribution is -2.33. The van der Waals surface area contributed by atoms with Gasteiger partial charge in [0.25, 0.3) is 0 Å². The molecule has 1 aliphatic rings. The van der Waals surface area contributed by atoms with Gasteiger partial charge in [0.05, 0.1) is 30.6 Å². The van der Waals surface area contributed by atoms with Gasteiger partial charge in [-0.1, -0.05) is 24.0 Å². The first-order chi connectivity index (χ1) is 15.8. The summed E-state index contributed by atoms with van der Waals surface area (Å²) in [6, 6.07) is 12.9. The third-order valence-corrected chi connectivity index (χ3v) is 7.72. The fourth-order valence-corrected chi connectivity index (χ4v) is 5.39.